The van der Waals surface area contributed by atoms with E-state index in [4.69, 9.17) is 5.11 Å². The van der Waals surface area contributed by atoms with Crippen molar-refractivity contribution in [3.63, 3.8) is 0 Å². The monoisotopic (exact) mass is 212 g/mol. The van der Waals surface area contributed by atoms with Crippen molar-refractivity contribution in [1.82, 2.24) is 10.2 Å². The van der Waals surface area contributed by atoms with Crippen molar-refractivity contribution in [2.24, 2.45) is 5.92 Å². The largest absolute Gasteiger partial charge is 0.396 e. The minimum absolute atomic E-state index is 0.326. The van der Waals surface area contributed by atoms with Gasteiger partial charge in [0, 0.05) is 25.2 Å². The molecule has 2 unspecified atom stereocenters. The highest BCUT2D eigenvalue weighted by Crippen LogP contribution is 2.27. The Labute approximate surface area is 92.8 Å². The summed E-state index contributed by atoms with van der Waals surface area (Å²) in [6.45, 7) is 6.44. The molecule has 2 atom stereocenters. The highest BCUT2D eigenvalue weighted by atomic mass is 16.2. The lowest BCUT2D eigenvalue weighted by atomic mass is 9.83. The first-order chi connectivity index (χ1) is 7.29. The second-order valence-corrected chi connectivity index (χ2v) is 5.18. The van der Waals surface area contributed by atoms with Gasteiger partial charge in [0.1, 0.15) is 0 Å². The van der Waals surface area contributed by atoms with E-state index in [1.807, 2.05) is 0 Å². The van der Waals surface area contributed by atoms with E-state index in [9.17, 15) is 0 Å². The van der Waals surface area contributed by atoms with E-state index in [-0.39, 0.29) is 0 Å². The zero-order valence-corrected chi connectivity index (χ0v) is 9.78. The highest BCUT2D eigenvalue weighted by molar-refractivity contribution is 4.91. The van der Waals surface area contributed by atoms with Crippen LogP contribution in [0.5, 0.6) is 0 Å². The topological polar surface area (TPSA) is 35.5 Å². The van der Waals surface area contributed by atoms with E-state index < -0.39 is 0 Å². The number of piperidine rings is 3. The Morgan fingerprint density at radius 1 is 1.40 bits per heavy atom. The second-order valence-electron chi connectivity index (χ2n) is 5.18. The summed E-state index contributed by atoms with van der Waals surface area (Å²) >= 11 is 0. The van der Waals surface area contributed by atoms with Gasteiger partial charge in [0.2, 0.25) is 0 Å². The smallest absolute Gasteiger partial charge is 0.0431 e. The van der Waals surface area contributed by atoms with E-state index >= 15 is 0 Å². The second kappa shape index (κ2) is 5.28. The Hall–Kier alpha value is -0.120. The molecule has 3 saturated heterocycles. The fraction of sp³-hybridized carbons (Fsp3) is 1.00. The molecule has 0 aromatic rings. The average molecular weight is 212 g/mol. The van der Waals surface area contributed by atoms with Crippen molar-refractivity contribution in [3.8, 4) is 0 Å². The molecule has 0 saturated carbocycles. The molecule has 3 rings (SSSR count). The first-order valence-electron chi connectivity index (χ1n) is 6.39. The number of fused-ring (bicyclic) bond motifs is 3. The summed E-state index contributed by atoms with van der Waals surface area (Å²) in [6.07, 6.45) is 4.78. The normalized spacial score (nSPS) is 36.8. The fourth-order valence-corrected chi connectivity index (χ4v) is 3.00. The van der Waals surface area contributed by atoms with Crippen molar-refractivity contribution in [3.05, 3.63) is 0 Å². The molecule has 0 amide bonds. The van der Waals surface area contributed by atoms with Gasteiger partial charge in [-0.05, 0) is 51.6 Å². The van der Waals surface area contributed by atoms with Crippen molar-refractivity contribution < 1.29 is 5.11 Å². The van der Waals surface area contributed by atoms with Crippen LogP contribution >= 0.6 is 0 Å². The van der Waals surface area contributed by atoms with Crippen LogP contribution in [-0.2, 0) is 0 Å². The van der Waals surface area contributed by atoms with E-state index in [0.717, 1.165) is 18.8 Å². The molecule has 0 aromatic carbocycles. The van der Waals surface area contributed by atoms with E-state index in [1.54, 1.807) is 0 Å². The SMILES string of the molecule is CC(CCCO)NC1CN2CCC1CC2. The molecule has 3 aliphatic heterocycles. The maximum absolute atomic E-state index is 8.79. The van der Waals surface area contributed by atoms with E-state index in [0.29, 0.717) is 18.7 Å². The van der Waals surface area contributed by atoms with E-state index in [1.165, 1.54) is 32.5 Å². The number of aliphatic hydroxyl groups excluding tert-OH is 1. The summed E-state index contributed by atoms with van der Waals surface area (Å²) in [5.74, 6) is 0.909. The van der Waals surface area contributed by atoms with Gasteiger partial charge >= 0.3 is 0 Å². The number of hydrogen-bond donors (Lipinski definition) is 2. The molecule has 3 fully saturated rings. The number of nitrogens with one attached hydrogen (secondary N) is 1. The number of aliphatic hydroxyl groups is 1. The fourth-order valence-electron chi connectivity index (χ4n) is 3.00. The number of rotatable bonds is 5. The summed E-state index contributed by atoms with van der Waals surface area (Å²) in [5.41, 5.74) is 0. The van der Waals surface area contributed by atoms with Gasteiger partial charge in [0.15, 0.2) is 0 Å². The summed E-state index contributed by atoms with van der Waals surface area (Å²) in [6, 6.07) is 1.27. The Morgan fingerprint density at radius 3 is 2.67 bits per heavy atom. The van der Waals surface area contributed by atoms with Gasteiger partial charge in [-0.15, -0.1) is 0 Å². The Bertz CT molecular complexity index is 190. The van der Waals surface area contributed by atoms with Crippen LogP contribution in [0.25, 0.3) is 0 Å². The lowest BCUT2D eigenvalue weighted by Gasteiger charge is -2.46. The molecule has 0 aliphatic carbocycles. The number of hydrogen-bond acceptors (Lipinski definition) is 3. The molecular formula is C12H24N2O. The summed E-state index contributed by atoms with van der Waals surface area (Å²) < 4.78 is 0. The Morgan fingerprint density at radius 2 is 2.13 bits per heavy atom. The van der Waals surface area contributed by atoms with Crippen molar-refractivity contribution >= 4 is 0 Å². The third kappa shape index (κ3) is 2.92. The standard InChI is InChI=1S/C12H24N2O/c1-10(3-2-8-15)13-12-9-14-6-4-11(12)5-7-14/h10-13,15H,2-9H2,1H3. The Kier molecular flexibility index (Phi) is 4.00. The van der Waals surface area contributed by atoms with Gasteiger partial charge in [-0.1, -0.05) is 0 Å². The van der Waals surface area contributed by atoms with Crippen LogP contribution in [0.4, 0.5) is 0 Å². The van der Waals surface area contributed by atoms with Gasteiger partial charge in [-0.25, -0.2) is 0 Å². The summed E-state index contributed by atoms with van der Waals surface area (Å²) in [5, 5.41) is 12.5. The van der Waals surface area contributed by atoms with Gasteiger partial charge < -0.3 is 15.3 Å². The van der Waals surface area contributed by atoms with Crippen LogP contribution in [0.3, 0.4) is 0 Å². The molecule has 2 bridgehead atoms. The maximum atomic E-state index is 8.79. The molecule has 0 spiro atoms. The van der Waals surface area contributed by atoms with Crippen LogP contribution in [0.15, 0.2) is 0 Å². The van der Waals surface area contributed by atoms with E-state index in [2.05, 4.69) is 17.1 Å². The first kappa shape index (κ1) is 11.4. The van der Waals surface area contributed by atoms with Crippen LogP contribution < -0.4 is 5.32 Å². The lowest BCUT2D eigenvalue weighted by Crippen LogP contribution is -2.57. The molecular weight excluding hydrogens is 188 g/mol. The molecule has 2 N–H and O–H groups in total. The molecule has 3 heterocycles. The quantitative estimate of drug-likeness (QED) is 0.708. The first-order valence-corrected chi connectivity index (χ1v) is 6.39. The number of nitrogens with zero attached hydrogens (tertiary/aromatic N) is 1. The lowest BCUT2D eigenvalue weighted by molar-refractivity contribution is 0.0670. The summed E-state index contributed by atoms with van der Waals surface area (Å²) in [4.78, 5) is 2.58. The van der Waals surface area contributed by atoms with Gasteiger partial charge in [-0.3, -0.25) is 0 Å². The average Bonchev–Trinajstić information content (AvgIpc) is 2.28. The highest BCUT2D eigenvalue weighted by Gasteiger charge is 2.34. The molecule has 3 aliphatic rings. The van der Waals surface area contributed by atoms with Gasteiger partial charge in [0.05, 0.1) is 0 Å². The minimum atomic E-state index is 0.326. The predicted octanol–water partition coefficient (Wildman–Crippen LogP) is 0.831. The molecule has 15 heavy (non-hydrogen) atoms. The minimum Gasteiger partial charge on any atom is -0.396 e. The maximum Gasteiger partial charge on any atom is 0.0431 e. The predicted molar refractivity (Wildman–Crippen MR) is 61.9 cm³/mol. The zero-order chi connectivity index (χ0) is 10.7. The van der Waals surface area contributed by atoms with Crippen LogP contribution in [0.1, 0.15) is 32.6 Å². The summed E-state index contributed by atoms with van der Waals surface area (Å²) in [7, 11) is 0. The third-order valence-electron chi connectivity index (χ3n) is 3.95. The van der Waals surface area contributed by atoms with Crippen molar-refractivity contribution in [1.29, 1.82) is 0 Å². The Balaban J connectivity index is 1.74. The van der Waals surface area contributed by atoms with Crippen molar-refractivity contribution in [2.45, 2.75) is 44.7 Å². The molecule has 88 valence electrons. The van der Waals surface area contributed by atoms with Crippen LogP contribution in [-0.4, -0.2) is 48.3 Å². The zero-order valence-electron chi connectivity index (χ0n) is 9.78. The molecule has 0 aromatic heterocycles. The molecule has 0 radical (unpaired) electrons. The van der Waals surface area contributed by atoms with Crippen LogP contribution in [0, 0.1) is 5.92 Å². The van der Waals surface area contributed by atoms with Gasteiger partial charge in [-0.2, -0.15) is 0 Å². The van der Waals surface area contributed by atoms with Crippen LogP contribution in [0.2, 0.25) is 0 Å². The third-order valence-corrected chi connectivity index (χ3v) is 3.95. The molecule has 3 nitrogen and oxygen atoms in total. The molecule has 3 heteroatoms. The van der Waals surface area contributed by atoms with Gasteiger partial charge in [0.25, 0.3) is 0 Å². The van der Waals surface area contributed by atoms with Crippen molar-refractivity contribution in [2.75, 3.05) is 26.2 Å².